The lowest BCUT2D eigenvalue weighted by molar-refractivity contribution is -0.137. The van der Waals surface area contributed by atoms with E-state index < -0.39 is 11.7 Å². The molecule has 0 bridgehead atoms. The molecule has 7 heteroatoms. The highest BCUT2D eigenvalue weighted by molar-refractivity contribution is 7.13. The summed E-state index contributed by atoms with van der Waals surface area (Å²) in [7, 11) is 0. The number of hydrogen-bond acceptors (Lipinski definition) is 4. The zero-order valence-corrected chi connectivity index (χ0v) is 14.0. The molecule has 0 unspecified atom stereocenters. The molecule has 1 N–H and O–H groups in total. The van der Waals surface area contributed by atoms with Crippen molar-refractivity contribution in [1.82, 2.24) is 4.98 Å². The van der Waals surface area contributed by atoms with E-state index in [0.717, 1.165) is 12.1 Å². The van der Waals surface area contributed by atoms with Gasteiger partial charge in [0, 0.05) is 16.5 Å². The molecule has 0 aliphatic rings. The summed E-state index contributed by atoms with van der Waals surface area (Å²) >= 11 is 1.27. The van der Waals surface area contributed by atoms with Crippen LogP contribution in [0.25, 0.3) is 16.6 Å². The van der Waals surface area contributed by atoms with Crippen LogP contribution in [0.1, 0.15) is 21.6 Å². The first-order chi connectivity index (χ1) is 12.3. The average molecular weight is 375 g/mol. The van der Waals surface area contributed by atoms with Crippen molar-refractivity contribution in [1.29, 1.82) is 0 Å². The minimum atomic E-state index is -4.37. The first-order valence-electron chi connectivity index (χ1n) is 7.47. The summed E-state index contributed by atoms with van der Waals surface area (Å²) in [6, 6.07) is 10.7. The Labute approximate surface area is 151 Å². The molecule has 0 aliphatic carbocycles. The molecule has 132 valence electrons. The largest absolute Gasteiger partial charge is 0.508 e. The lowest BCUT2D eigenvalue weighted by Gasteiger charge is -2.06. The first-order valence-corrected chi connectivity index (χ1v) is 8.35. The van der Waals surface area contributed by atoms with Crippen LogP contribution in [-0.2, 0) is 6.18 Å². The number of hydrogen-bond donors (Lipinski definition) is 1. The Balaban J connectivity index is 1.74. The third kappa shape index (κ3) is 4.18. The number of phenolic OH excluding ortho intramolecular Hbond substituents is 1. The molecule has 3 rings (SSSR count). The molecular formula is C19H12F3NO2S. The lowest BCUT2D eigenvalue weighted by Crippen LogP contribution is -2.03. The highest BCUT2D eigenvalue weighted by Gasteiger charge is 2.30. The topological polar surface area (TPSA) is 50.2 Å². The Bertz CT molecular complexity index is 959. The van der Waals surface area contributed by atoms with E-state index >= 15 is 0 Å². The first kappa shape index (κ1) is 17.9. The number of carbonyl (C=O) groups is 1. The van der Waals surface area contributed by atoms with Gasteiger partial charge in [-0.05, 0) is 36.4 Å². The Morgan fingerprint density at radius 3 is 2.50 bits per heavy atom. The summed E-state index contributed by atoms with van der Waals surface area (Å²) in [6.45, 7) is 0. The fraction of sp³-hybridized carbons (Fsp3) is 0.0526. The van der Waals surface area contributed by atoms with Gasteiger partial charge in [-0.2, -0.15) is 13.2 Å². The summed E-state index contributed by atoms with van der Waals surface area (Å²) in [5.74, 6) is -0.285. The van der Waals surface area contributed by atoms with E-state index in [0.29, 0.717) is 21.8 Å². The van der Waals surface area contributed by atoms with E-state index in [-0.39, 0.29) is 11.5 Å². The summed E-state index contributed by atoms with van der Waals surface area (Å²) in [6.07, 6.45) is -1.52. The third-order valence-corrected chi connectivity index (χ3v) is 4.43. The molecule has 0 amide bonds. The zero-order valence-electron chi connectivity index (χ0n) is 13.2. The van der Waals surface area contributed by atoms with Crippen molar-refractivity contribution in [2.75, 3.05) is 0 Å². The van der Waals surface area contributed by atoms with Gasteiger partial charge in [-0.25, -0.2) is 4.98 Å². The van der Waals surface area contributed by atoms with Gasteiger partial charge in [0.2, 0.25) is 0 Å². The van der Waals surface area contributed by atoms with Crippen molar-refractivity contribution in [3.63, 3.8) is 0 Å². The van der Waals surface area contributed by atoms with Crippen molar-refractivity contribution in [2.45, 2.75) is 6.18 Å². The molecule has 0 aliphatic heterocycles. The van der Waals surface area contributed by atoms with Crippen LogP contribution >= 0.6 is 11.3 Å². The van der Waals surface area contributed by atoms with Crippen LogP contribution in [0.5, 0.6) is 5.75 Å². The van der Waals surface area contributed by atoms with Crippen molar-refractivity contribution < 1.29 is 23.1 Å². The van der Waals surface area contributed by atoms with Crippen LogP contribution in [-0.4, -0.2) is 15.9 Å². The quantitative estimate of drug-likeness (QED) is 0.489. The number of ketones is 1. The maximum Gasteiger partial charge on any atom is 0.416 e. The Hall–Kier alpha value is -2.93. The number of halogens is 3. The van der Waals surface area contributed by atoms with Gasteiger partial charge in [0.05, 0.1) is 11.3 Å². The van der Waals surface area contributed by atoms with E-state index in [1.165, 1.54) is 47.8 Å². The number of carbonyl (C=O) groups excluding carboxylic acids is 1. The van der Waals surface area contributed by atoms with E-state index in [1.54, 1.807) is 17.5 Å². The molecule has 3 aromatic rings. The van der Waals surface area contributed by atoms with Crippen LogP contribution < -0.4 is 0 Å². The predicted octanol–water partition coefficient (Wildman–Crippen LogP) is 5.43. The van der Waals surface area contributed by atoms with Crippen molar-refractivity contribution in [2.24, 2.45) is 0 Å². The van der Waals surface area contributed by atoms with Gasteiger partial charge in [0.25, 0.3) is 0 Å². The van der Waals surface area contributed by atoms with Crippen molar-refractivity contribution >= 4 is 23.2 Å². The van der Waals surface area contributed by atoms with Crippen LogP contribution in [0, 0.1) is 0 Å². The van der Waals surface area contributed by atoms with Gasteiger partial charge in [-0.3, -0.25) is 4.79 Å². The lowest BCUT2D eigenvalue weighted by atomic mass is 10.1. The fourth-order valence-electron chi connectivity index (χ4n) is 2.21. The van der Waals surface area contributed by atoms with Gasteiger partial charge in [0.1, 0.15) is 10.8 Å². The predicted molar refractivity (Wildman–Crippen MR) is 94.0 cm³/mol. The fourth-order valence-corrected chi connectivity index (χ4v) is 3.01. The number of rotatable bonds is 4. The molecule has 1 aromatic heterocycles. The zero-order chi connectivity index (χ0) is 18.7. The maximum absolute atomic E-state index is 12.6. The summed E-state index contributed by atoms with van der Waals surface area (Å²) in [5.41, 5.74) is 0.731. The second-order valence-corrected chi connectivity index (χ2v) is 6.26. The molecule has 26 heavy (non-hydrogen) atoms. The number of nitrogens with zero attached hydrogens (tertiary/aromatic N) is 1. The van der Waals surface area contributed by atoms with Crippen LogP contribution in [0.15, 0.2) is 60.0 Å². The van der Waals surface area contributed by atoms with Gasteiger partial charge in [-0.15, -0.1) is 11.3 Å². The minimum Gasteiger partial charge on any atom is -0.508 e. The molecule has 0 saturated heterocycles. The SMILES string of the molecule is O=C(C=Cc1csc(-c2ccc(C(F)(F)F)cc2)n1)c1cccc(O)c1. The number of alkyl halides is 3. The smallest absolute Gasteiger partial charge is 0.416 e. The Morgan fingerprint density at radius 1 is 1.12 bits per heavy atom. The normalized spacial score (nSPS) is 11.8. The molecule has 0 spiro atoms. The third-order valence-electron chi connectivity index (χ3n) is 3.52. The van der Waals surface area contributed by atoms with E-state index in [4.69, 9.17) is 0 Å². The van der Waals surface area contributed by atoms with Gasteiger partial charge < -0.3 is 5.11 Å². The van der Waals surface area contributed by atoms with E-state index in [1.807, 2.05) is 0 Å². The maximum atomic E-state index is 12.6. The molecule has 0 atom stereocenters. The highest BCUT2D eigenvalue weighted by atomic mass is 32.1. The average Bonchev–Trinajstić information content (AvgIpc) is 3.08. The molecular weight excluding hydrogens is 363 g/mol. The van der Waals surface area contributed by atoms with Crippen molar-refractivity contribution in [3.8, 4) is 16.3 Å². The molecule has 0 fully saturated rings. The number of aromatic hydroxyl groups is 1. The van der Waals surface area contributed by atoms with E-state index in [2.05, 4.69) is 4.98 Å². The monoisotopic (exact) mass is 375 g/mol. The van der Waals surface area contributed by atoms with Gasteiger partial charge >= 0.3 is 6.18 Å². The number of phenols is 1. The van der Waals surface area contributed by atoms with Gasteiger partial charge in [-0.1, -0.05) is 24.3 Å². The van der Waals surface area contributed by atoms with Gasteiger partial charge in [0.15, 0.2) is 5.78 Å². The number of benzene rings is 2. The van der Waals surface area contributed by atoms with Crippen LogP contribution in [0.2, 0.25) is 0 Å². The summed E-state index contributed by atoms with van der Waals surface area (Å²) in [4.78, 5) is 16.4. The standard InChI is InChI=1S/C19H12F3NO2S/c20-19(21,22)14-6-4-12(5-7-14)18-23-15(11-26-18)8-9-17(25)13-2-1-3-16(24)10-13/h1-11,24H. The minimum absolute atomic E-state index is 0.00231. The Morgan fingerprint density at radius 2 is 1.85 bits per heavy atom. The summed E-state index contributed by atoms with van der Waals surface area (Å²) in [5, 5.41) is 11.7. The molecule has 3 nitrogen and oxygen atoms in total. The Kier molecular flexibility index (Phi) is 4.90. The second kappa shape index (κ2) is 7.13. The molecule has 0 saturated carbocycles. The molecule has 2 aromatic carbocycles. The number of thiazole rings is 1. The second-order valence-electron chi connectivity index (χ2n) is 5.40. The number of aromatic nitrogens is 1. The van der Waals surface area contributed by atoms with Crippen molar-refractivity contribution in [3.05, 3.63) is 76.8 Å². The molecule has 0 radical (unpaired) electrons. The van der Waals surface area contributed by atoms with Crippen LogP contribution in [0.3, 0.4) is 0 Å². The number of allylic oxidation sites excluding steroid dienone is 1. The van der Waals surface area contributed by atoms with E-state index in [9.17, 15) is 23.1 Å². The van der Waals surface area contributed by atoms with Crippen LogP contribution in [0.4, 0.5) is 13.2 Å². The highest BCUT2D eigenvalue weighted by Crippen LogP contribution is 2.31. The molecule has 1 heterocycles. The summed E-state index contributed by atoms with van der Waals surface area (Å²) < 4.78 is 37.8.